The number of alkyl halides is 3. The zero-order valence-corrected chi connectivity index (χ0v) is 9.53. The summed E-state index contributed by atoms with van der Waals surface area (Å²) in [4.78, 5) is 18.2. The molecule has 0 spiro atoms. The van der Waals surface area contributed by atoms with Gasteiger partial charge in [0.15, 0.2) is 0 Å². The van der Waals surface area contributed by atoms with Crippen molar-refractivity contribution in [1.82, 2.24) is 15.3 Å². The summed E-state index contributed by atoms with van der Waals surface area (Å²) in [6, 6.07) is 2.41. The van der Waals surface area contributed by atoms with E-state index >= 15 is 0 Å². The van der Waals surface area contributed by atoms with Crippen molar-refractivity contribution < 1.29 is 23.1 Å². The number of hydrogen-bond acceptors (Lipinski definition) is 3. The van der Waals surface area contributed by atoms with Gasteiger partial charge in [-0.05, 0) is 18.2 Å². The average Bonchev–Trinajstić information content (AvgIpc) is 2.77. The lowest BCUT2D eigenvalue weighted by molar-refractivity contribution is -0.161. The van der Waals surface area contributed by atoms with Crippen LogP contribution in [0.4, 0.5) is 13.2 Å². The van der Waals surface area contributed by atoms with Gasteiger partial charge in [-0.1, -0.05) is 0 Å². The van der Waals surface area contributed by atoms with E-state index < -0.39 is 24.7 Å². The molecule has 5 nitrogen and oxygen atoms in total. The van der Waals surface area contributed by atoms with Crippen LogP contribution in [0.25, 0.3) is 11.0 Å². The van der Waals surface area contributed by atoms with Gasteiger partial charge in [-0.15, -0.1) is 0 Å². The van der Waals surface area contributed by atoms with E-state index in [4.69, 9.17) is 5.11 Å². The Kier molecular flexibility index (Phi) is 3.43. The van der Waals surface area contributed by atoms with E-state index in [-0.39, 0.29) is 5.69 Å². The van der Waals surface area contributed by atoms with Gasteiger partial charge in [-0.2, -0.15) is 13.2 Å². The first-order chi connectivity index (χ1) is 8.91. The second kappa shape index (κ2) is 4.88. The van der Waals surface area contributed by atoms with Gasteiger partial charge in [0, 0.05) is 11.6 Å². The van der Waals surface area contributed by atoms with Crippen molar-refractivity contribution in [3.05, 3.63) is 30.1 Å². The zero-order chi connectivity index (χ0) is 14.0. The molecule has 102 valence electrons. The molecule has 2 aromatic rings. The number of pyridine rings is 1. The number of carbonyl (C=O) groups is 1. The lowest BCUT2D eigenvalue weighted by Crippen LogP contribution is -2.47. The third-order valence-electron chi connectivity index (χ3n) is 2.52. The minimum absolute atomic E-state index is 0.0450. The number of hydrogen-bond donors (Lipinski definition) is 3. The number of aromatic nitrogens is 2. The first-order valence-corrected chi connectivity index (χ1v) is 5.34. The van der Waals surface area contributed by atoms with Crippen LogP contribution in [0, 0.1) is 0 Å². The molecule has 0 unspecified atom stereocenters. The van der Waals surface area contributed by atoms with Crippen molar-refractivity contribution in [3.63, 3.8) is 0 Å². The van der Waals surface area contributed by atoms with Gasteiger partial charge in [0.25, 0.3) is 5.91 Å². The predicted octanol–water partition coefficient (Wildman–Crippen LogP) is 1.22. The molecule has 0 saturated heterocycles. The topological polar surface area (TPSA) is 78.0 Å². The van der Waals surface area contributed by atoms with Crippen LogP contribution in [-0.4, -0.2) is 39.8 Å². The van der Waals surface area contributed by atoms with Crippen LogP contribution in [0.3, 0.4) is 0 Å². The fraction of sp³-hybridized carbons (Fsp3) is 0.273. The summed E-state index contributed by atoms with van der Waals surface area (Å²) in [6.45, 7) is -1.21. The second-order valence-corrected chi connectivity index (χ2v) is 3.87. The van der Waals surface area contributed by atoms with Gasteiger partial charge >= 0.3 is 6.18 Å². The quantitative estimate of drug-likeness (QED) is 0.786. The highest BCUT2D eigenvalue weighted by molar-refractivity contribution is 5.97. The van der Waals surface area contributed by atoms with Crippen LogP contribution in [0.1, 0.15) is 10.5 Å². The fourth-order valence-corrected chi connectivity index (χ4v) is 1.55. The van der Waals surface area contributed by atoms with E-state index in [0.717, 1.165) is 0 Å². The van der Waals surface area contributed by atoms with Gasteiger partial charge in [0.05, 0.1) is 6.61 Å². The number of aliphatic hydroxyl groups excluding tert-OH is 1. The molecule has 1 amide bonds. The Balaban J connectivity index is 2.19. The maximum absolute atomic E-state index is 12.4. The third-order valence-corrected chi connectivity index (χ3v) is 2.52. The molecule has 2 heterocycles. The van der Waals surface area contributed by atoms with Crippen LogP contribution in [-0.2, 0) is 0 Å². The van der Waals surface area contributed by atoms with Gasteiger partial charge in [0.2, 0.25) is 0 Å². The molecule has 0 aliphatic carbocycles. The van der Waals surface area contributed by atoms with Gasteiger partial charge in [-0.3, -0.25) is 4.79 Å². The first-order valence-electron chi connectivity index (χ1n) is 5.34. The zero-order valence-electron chi connectivity index (χ0n) is 9.53. The number of H-pyrrole nitrogens is 1. The molecule has 0 radical (unpaired) electrons. The van der Waals surface area contributed by atoms with E-state index in [9.17, 15) is 18.0 Å². The predicted molar refractivity (Wildman–Crippen MR) is 60.5 cm³/mol. The summed E-state index contributed by atoms with van der Waals surface area (Å²) in [5.41, 5.74) is 0.358. The van der Waals surface area contributed by atoms with Gasteiger partial charge in [-0.25, -0.2) is 4.98 Å². The summed E-state index contributed by atoms with van der Waals surface area (Å²) in [7, 11) is 0. The van der Waals surface area contributed by atoms with Gasteiger partial charge < -0.3 is 15.4 Å². The summed E-state index contributed by atoms with van der Waals surface area (Å²) >= 11 is 0. The molecule has 8 heteroatoms. The standard InChI is InChI=1S/C11H10F3N3O2/c12-11(13,14)8(5-18)17-10(19)7-4-6-2-1-3-15-9(6)16-7/h1-4,8,18H,5H2,(H,15,16)(H,17,19)/t8-/m1/s1. The minimum atomic E-state index is -4.70. The number of halogens is 3. The lowest BCUT2D eigenvalue weighted by atomic mass is 10.2. The minimum Gasteiger partial charge on any atom is -0.394 e. The van der Waals surface area contributed by atoms with E-state index in [2.05, 4.69) is 9.97 Å². The summed E-state index contributed by atoms with van der Waals surface area (Å²) in [6.07, 6.45) is -3.21. The van der Waals surface area contributed by atoms with Crippen molar-refractivity contribution in [2.45, 2.75) is 12.2 Å². The highest BCUT2D eigenvalue weighted by atomic mass is 19.4. The van der Waals surface area contributed by atoms with Gasteiger partial charge in [0.1, 0.15) is 17.4 Å². The molecule has 0 aliphatic rings. The molecule has 1 atom stereocenters. The maximum Gasteiger partial charge on any atom is 0.410 e. The maximum atomic E-state index is 12.4. The van der Waals surface area contributed by atoms with Crippen LogP contribution in [0.2, 0.25) is 0 Å². The number of rotatable bonds is 3. The third kappa shape index (κ3) is 2.84. The number of aliphatic hydroxyl groups is 1. The highest BCUT2D eigenvalue weighted by Gasteiger charge is 2.40. The fourth-order valence-electron chi connectivity index (χ4n) is 1.55. The molecule has 2 aromatic heterocycles. The molecule has 19 heavy (non-hydrogen) atoms. The lowest BCUT2D eigenvalue weighted by Gasteiger charge is -2.18. The monoisotopic (exact) mass is 273 g/mol. The van der Waals surface area contributed by atoms with Crippen LogP contribution >= 0.6 is 0 Å². The molecule has 0 bridgehead atoms. The SMILES string of the molecule is O=C(N[C@H](CO)C(F)(F)F)c1cc2cccnc2[nH]1. The van der Waals surface area contributed by atoms with E-state index in [1.807, 2.05) is 0 Å². The van der Waals surface area contributed by atoms with E-state index in [1.165, 1.54) is 12.3 Å². The van der Waals surface area contributed by atoms with Crippen molar-refractivity contribution in [1.29, 1.82) is 0 Å². The Morgan fingerprint density at radius 2 is 2.26 bits per heavy atom. The Bertz CT molecular complexity index is 561. The van der Waals surface area contributed by atoms with Crippen LogP contribution in [0.15, 0.2) is 24.4 Å². The summed E-state index contributed by atoms with van der Waals surface area (Å²) in [5.74, 6) is -0.950. The smallest absolute Gasteiger partial charge is 0.394 e. The molecule has 0 aromatic carbocycles. The molecule has 0 saturated carbocycles. The Labute approximate surface area is 105 Å². The largest absolute Gasteiger partial charge is 0.410 e. The molecule has 3 N–H and O–H groups in total. The van der Waals surface area contributed by atoms with Crippen LogP contribution in [0.5, 0.6) is 0 Å². The number of nitrogens with one attached hydrogen (secondary N) is 2. The first kappa shape index (κ1) is 13.3. The number of fused-ring (bicyclic) bond motifs is 1. The summed E-state index contributed by atoms with van der Waals surface area (Å²) in [5, 5.41) is 11.0. The highest BCUT2D eigenvalue weighted by Crippen LogP contribution is 2.20. The number of aromatic amines is 1. The molecular weight excluding hydrogens is 263 g/mol. The van der Waals surface area contributed by atoms with Crippen LogP contribution < -0.4 is 5.32 Å². The van der Waals surface area contributed by atoms with Crippen molar-refractivity contribution in [2.75, 3.05) is 6.61 Å². The number of nitrogens with zero attached hydrogens (tertiary/aromatic N) is 1. The Morgan fingerprint density at radius 3 is 2.84 bits per heavy atom. The Hall–Kier alpha value is -2.09. The molecule has 0 fully saturated rings. The molecule has 2 rings (SSSR count). The number of amides is 1. The van der Waals surface area contributed by atoms with E-state index in [0.29, 0.717) is 11.0 Å². The Morgan fingerprint density at radius 1 is 1.53 bits per heavy atom. The number of carbonyl (C=O) groups excluding carboxylic acids is 1. The normalized spacial score (nSPS) is 13.5. The van der Waals surface area contributed by atoms with E-state index in [1.54, 1.807) is 17.4 Å². The second-order valence-electron chi connectivity index (χ2n) is 3.87. The molecule has 0 aliphatic heterocycles. The molecular formula is C11H10F3N3O2. The average molecular weight is 273 g/mol. The van der Waals surface area contributed by atoms with Crippen molar-refractivity contribution in [2.24, 2.45) is 0 Å². The van der Waals surface area contributed by atoms with Crippen molar-refractivity contribution in [3.8, 4) is 0 Å². The summed E-state index contributed by atoms with van der Waals surface area (Å²) < 4.78 is 37.2. The van der Waals surface area contributed by atoms with Crippen molar-refractivity contribution >= 4 is 16.9 Å².